The SMILES string of the molecule is Cn1ccc(NC(=O)N(CCCO)C2CCc3ccccc32)n1. The average Bonchev–Trinajstić information content (AvgIpc) is 3.15. The van der Waals surface area contributed by atoms with E-state index in [-0.39, 0.29) is 18.7 Å². The number of nitrogens with one attached hydrogen (secondary N) is 1. The fourth-order valence-electron chi connectivity index (χ4n) is 3.16. The van der Waals surface area contributed by atoms with Crippen LogP contribution in [0.25, 0.3) is 0 Å². The van der Waals surface area contributed by atoms with Crippen LogP contribution < -0.4 is 5.32 Å². The predicted molar refractivity (Wildman–Crippen MR) is 88.1 cm³/mol. The summed E-state index contributed by atoms with van der Waals surface area (Å²) in [4.78, 5) is 14.5. The highest BCUT2D eigenvalue weighted by molar-refractivity contribution is 5.88. The van der Waals surface area contributed by atoms with Crippen LogP contribution in [0.15, 0.2) is 36.5 Å². The number of urea groups is 1. The molecule has 122 valence electrons. The van der Waals surface area contributed by atoms with Gasteiger partial charge in [0.05, 0.1) is 6.04 Å². The van der Waals surface area contributed by atoms with E-state index in [1.54, 1.807) is 16.9 Å². The molecule has 0 saturated heterocycles. The first-order valence-corrected chi connectivity index (χ1v) is 7.95. The topological polar surface area (TPSA) is 70.4 Å². The zero-order valence-electron chi connectivity index (χ0n) is 13.3. The van der Waals surface area contributed by atoms with Crippen molar-refractivity contribution in [3.63, 3.8) is 0 Å². The molecule has 0 fully saturated rings. The first-order chi connectivity index (χ1) is 11.2. The third-order valence-electron chi connectivity index (χ3n) is 4.24. The Kier molecular flexibility index (Phi) is 4.62. The highest BCUT2D eigenvalue weighted by Crippen LogP contribution is 2.35. The lowest BCUT2D eigenvalue weighted by Gasteiger charge is -2.29. The monoisotopic (exact) mass is 314 g/mol. The maximum Gasteiger partial charge on any atom is 0.323 e. The molecule has 2 amide bonds. The highest BCUT2D eigenvalue weighted by atomic mass is 16.3. The first-order valence-electron chi connectivity index (χ1n) is 7.95. The molecular weight excluding hydrogens is 292 g/mol. The number of rotatable bonds is 5. The van der Waals surface area contributed by atoms with Gasteiger partial charge in [-0.05, 0) is 30.4 Å². The predicted octanol–water partition coefficient (Wildman–Crippen LogP) is 2.32. The van der Waals surface area contributed by atoms with Crippen LogP contribution in [0.3, 0.4) is 0 Å². The van der Waals surface area contributed by atoms with Gasteiger partial charge in [-0.1, -0.05) is 24.3 Å². The number of benzene rings is 1. The van der Waals surface area contributed by atoms with Gasteiger partial charge in [0.25, 0.3) is 0 Å². The molecule has 1 unspecified atom stereocenters. The quantitative estimate of drug-likeness (QED) is 0.890. The molecular formula is C17H22N4O2. The van der Waals surface area contributed by atoms with Gasteiger partial charge in [0.15, 0.2) is 5.82 Å². The maximum absolute atomic E-state index is 12.7. The van der Waals surface area contributed by atoms with E-state index in [0.717, 1.165) is 12.8 Å². The number of aliphatic hydroxyl groups is 1. The first kappa shape index (κ1) is 15.6. The van der Waals surface area contributed by atoms with Gasteiger partial charge in [-0.15, -0.1) is 0 Å². The Hall–Kier alpha value is -2.34. The van der Waals surface area contributed by atoms with Gasteiger partial charge in [-0.3, -0.25) is 10.00 Å². The molecule has 0 aliphatic heterocycles. The van der Waals surface area contributed by atoms with Gasteiger partial charge in [-0.2, -0.15) is 5.10 Å². The second kappa shape index (κ2) is 6.83. The van der Waals surface area contributed by atoms with Crippen molar-refractivity contribution in [2.24, 2.45) is 7.05 Å². The molecule has 1 aromatic carbocycles. The van der Waals surface area contributed by atoms with Gasteiger partial charge in [-0.25, -0.2) is 4.79 Å². The van der Waals surface area contributed by atoms with Crippen molar-refractivity contribution < 1.29 is 9.90 Å². The minimum Gasteiger partial charge on any atom is -0.396 e. The summed E-state index contributed by atoms with van der Waals surface area (Å²) in [5.41, 5.74) is 2.51. The fraction of sp³-hybridized carbons (Fsp3) is 0.412. The lowest BCUT2D eigenvalue weighted by Crippen LogP contribution is -2.38. The molecule has 1 heterocycles. The molecule has 1 aliphatic rings. The van der Waals surface area contributed by atoms with Crippen molar-refractivity contribution >= 4 is 11.8 Å². The summed E-state index contributed by atoms with van der Waals surface area (Å²) in [5.74, 6) is 0.540. The van der Waals surface area contributed by atoms with Crippen LogP contribution in [-0.4, -0.2) is 39.0 Å². The summed E-state index contributed by atoms with van der Waals surface area (Å²) in [5, 5.41) is 16.2. The minimum atomic E-state index is -0.168. The number of nitrogens with zero attached hydrogens (tertiary/aromatic N) is 3. The van der Waals surface area contributed by atoms with Crippen LogP contribution in [0.2, 0.25) is 0 Å². The molecule has 1 aromatic heterocycles. The summed E-state index contributed by atoms with van der Waals surface area (Å²) in [6, 6.07) is 9.92. The van der Waals surface area contributed by atoms with Gasteiger partial charge < -0.3 is 10.0 Å². The third-order valence-corrected chi connectivity index (χ3v) is 4.24. The average molecular weight is 314 g/mol. The summed E-state index contributed by atoms with van der Waals surface area (Å²) in [6.07, 6.45) is 4.25. The van der Waals surface area contributed by atoms with Crippen LogP contribution in [0.1, 0.15) is 30.0 Å². The Balaban J connectivity index is 1.79. The van der Waals surface area contributed by atoms with Crippen molar-refractivity contribution in [1.29, 1.82) is 0 Å². The number of aromatic nitrogens is 2. The van der Waals surface area contributed by atoms with Crippen LogP contribution >= 0.6 is 0 Å². The Bertz CT molecular complexity index is 683. The zero-order chi connectivity index (χ0) is 16.2. The number of amides is 2. The number of hydrogen-bond donors (Lipinski definition) is 2. The number of carbonyl (C=O) groups excluding carboxylic acids is 1. The van der Waals surface area contributed by atoms with E-state index in [9.17, 15) is 4.79 Å². The molecule has 23 heavy (non-hydrogen) atoms. The van der Waals surface area contributed by atoms with Crippen molar-refractivity contribution in [1.82, 2.24) is 14.7 Å². The molecule has 0 bridgehead atoms. The summed E-state index contributed by atoms with van der Waals surface area (Å²) in [7, 11) is 1.81. The van der Waals surface area contributed by atoms with Crippen LogP contribution in [0, 0.1) is 0 Å². The Morgan fingerprint density at radius 1 is 1.43 bits per heavy atom. The zero-order valence-corrected chi connectivity index (χ0v) is 13.3. The largest absolute Gasteiger partial charge is 0.396 e. The van der Waals surface area contributed by atoms with Crippen LogP contribution in [0.4, 0.5) is 10.6 Å². The fourth-order valence-corrected chi connectivity index (χ4v) is 3.16. The number of hydrogen-bond acceptors (Lipinski definition) is 3. The van der Waals surface area contributed by atoms with Crippen molar-refractivity contribution in [3.8, 4) is 0 Å². The number of aryl methyl sites for hydroxylation is 2. The standard InChI is InChI=1S/C17H22N4O2/c1-20-11-9-16(19-20)18-17(23)21(10-4-12-22)15-8-7-13-5-2-3-6-14(13)15/h2-3,5-6,9,11,15,22H,4,7-8,10,12H2,1H3,(H,18,19,23). The molecule has 0 radical (unpaired) electrons. The van der Waals surface area contributed by atoms with Gasteiger partial charge >= 0.3 is 6.03 Å². The van der Waals surface area contributed by atoms with E-state index in [0.29, 0.717) is 18.8 Å². The van der Waals surface area contributed by atoms with Gasteiger partial charge in [0.1, 0.15) is 0 Å². The normalized spacial score (nSPS) is 16.2. The van der Waals surface area contributed by atoms with Crippen molar-refractivity contribution in [2.45, 2.75) is 25.3 Å². The summed E-state index contributed by atoms with van der Waals surface area (Å²) >= 11 is 0. The molecule has 1 atom stereocenters. The van der Waals surface area contributed by atoms with E-state index in [4.69, 9.17) is 5.11 Å². The molecule has 6 nitrogen and oxygen atoms in total. The highest BCUT2D eigenvalue weighted by Gasteiger charge is 2.30. The second-order valence-electron chi connectivity index (χ2n) is 5.83. The number of aliphatic hydroxyl groups excluding tert-OH is 1. The van der Waals surface area contributed by atoms with E-state index < -0.39 is 0 Å². The van der Waals surface area contributed by atoms with E-state index >= 15 is 0 Å². The molecule has 0 saturated carbocycles. The molecule has 2 N–H and O–H groups in total. The van der Waals surface area contributed by atoms with Crippen LogP contribution in [-0.2, 0) is 13.5 Å². The summed E-state index contributed by atoms with van der Waals surface area (Å²) < 4.78 is 1.65. The van der Waals surface area contributed by atoms with Crippen molar-refractivity contribution in [3.05, 3.63) is 47.7 Å². The third kappa shape index (κ3) is 3.37. The van der Waals surface area contributed by atoms with Crippen LogP contribution in [0.5, 0.6) is 0 Å². The molecule has 1 aliphatic carbocycles. The Morgan fingerprint density at radius 3 is 3.00 bits per heavy atom. The van der Waals surface area contributed by atoms with E-state index in [1.807, 2.05) is 24.1 Å². The smallest absolute Gasteiger partial charge is 0.323 e. The molecule has 6 heteroatoms. The molecule has 0 spiro atoms. The Morgan fingerprint density at radius 2 is 2.26 bits per heavy atom. The molecule has 2 aromatic rings. The minimum absolute atomic E-state index is 0.0569. The van der Waals surface area contributed by atoms with Crippen molar-refractivity contribution in [2.75, 3.05) is 18.5 Å². The maximum atomic E-state index is 12.7. The lowest BCUT2D eigenvalue weighted by atomic mass is 10.1. The van der Waals surface area contributed by atoms with E-state index in [2.05, 4.69) is 22.5 Å². The second-order valence-corrected chi connectivity index (χ2v) is 5.83. The number of anilines is 1. The number of carbonyl (C=O) groups is 1. The Labute approximate surface area is 135 Å². The van der Waals surface area contributed by atoms with Gasteiger partial charge in [0.2, 0.25) is 0 Å². The summed E-state index contributed by atoms with van der Waals surface area (Å²) in [6.45, 7) is 0.593. The van der Waals surface area contributed by atoms with Gasteiger partial charge in [0, 0.05) is 32.5 Å². The lowest BCUT2D eigenvalue weighted by molar-refractivity contribution is 0.177. The number of fused-ring (bicyclic) bond motifs is 1. The van der Waals surface area contributed by atoms with E-state index in [1.165, 1.54) is 11.1 Å². The molecule has 3 rings (SSSR count).